The van der Waals surface area contributed by atoms with E-state index in [0.717, 1.165) is 0 Å². The lowest BCUT2D eigenvalue weighted by Crippen LogP contribution is -2.49. The number of nitrogens with one attached hydrogen (secondary N) is 1. The number of aromatic nitrogens is 2. The molecule has 44 heavy (non-hydrogen) atoms. The van der Waals surface area contributed by atoms with Crippen LogP contribution in [0.2, 0.25) is 0 Å². The van der Waals surface area contributed by atoms with Crippen molar-refractivity contribution in [2.75, 3.05) is 39.8 Å². The Morgan fingerprint density at radius 3 is 2.68 bits per heavy atom. The number of likely N-dealkylation sites (tertiary alicyclic amines) is 1. The quantitative estimate of drug-likeness (QED) is 0.297. The molecule has 0 bridgehead atoms. The van der Waals surface area contributed by atoms with E-state index in [2.05, 4.69) is 15.3 Å². The van der Waals surface area contributed by atoms with Crippen molar-refractivity contribution in [2.45, 2.75) is 58.2 Å². The Hall–Kier alpha value is -3.40. The Labute approximate surface area is 257 Å². The summed E-state index contributed by atoms with van der Waals surface area (Å²) in [6.45, 7) is 6.32. The van der Waals surface area contributed by atoms with Crippen LogP contribution in [0.1, 0.15) is 49.5 Å². The lowest BCUT2D eigenvalue weighted by atomic mass is 9.89. The maximum absolute atomic E-state index is 15.8. The number of fused-ring (bicyclic) bond motifs is 1. The van der Waals surface area contributed by atoms with Crippen LogP contribution in [-0.4, -0.2) is 106 Å². The van der Waals surface area contributed by atoms with Gasteiger partial charge in [-0.1, -0.05) is 6.07 Å². The standard InChI is InChI=1S/C29H36F3N7O4S/c1-6-43-26(40)21-18(35-24(25-33-10-12-44-25)36-22(21)17-7-8-20(30)34-16(17)2)13-38-15-29(31,32)23-19(38)14-37(5)39(23)11-9-28(3,4)27(41)42/h7-8,10,12,19,22-23H,6,9,11,13-15H2,1-5H3,(H,35,36)(H,41,42)/t19-,22+,23+/m0/s1. The van der Waals surface area contributed by atoms with Crippen LogP contribution in [0, 0.1) is 18.3 Å². The summed E-state index contributed by atoms with van der Waals surface area (Å²) in [5, 5.41) is 18.3. The molecule has 5 rings (SSSR count). The Morgan fingerprint density at radius 1 is 1.30 bits per heavy atom. The highest BCUT2D eigenvalue weighted by molar-refractivity contribution is 7.11. The van der Waals surface area contributed by atoms with Crippen LogP contribution in [-0.2, 0) is 14.3 Å². The highest BCUT2D eigenvalue weighted by Gasteiger charge is 2.61. The van der Waals surface area contributed by atoms with Gasteiger partial charge in [-0.15, -0.1) is 11.3 Å². The number of aryl methyl sites for hydroxylation is 1. The predicted molar refractivity (Wildman–Crippen MR) is 157 cm³/mol. The van der Waals surface area contributed by atoms with Crippen molar-refractivity contribution >= 4 is 29.1 Å². The summed E-state index contributed by atoms with van der Waals surface area (Å²) in [6.07, 6.45) is 1.79. The molecule has 2 saturated heterocycles. The van der Waals surface area contributed by atoms with Crippen LogP contribution in [0.15, 0.2) is 40.0 Å². The molecule has 0 unspecified atom stereocenters. The number of rotatable bonds is 10. The first-order chi connectivity index (χ1) is 20.7. The van der Waals surface area contributed by atoms with Crippen LogP contribution in [0.3, 0.4) is 0 Å². The molecular weight excluding hydrogens is 599 g/mol. The number of esters is 1. The third-order valence-electron chi connectivity index (χ3n) is 8.44. The second kappa shape index (κ2) is 12.2. The minimum Gasteiger partial charge on any atom is -0.481 e. The van der Waals surface area contributed by atoms with E-state index in [1.54, 1.807) is 61.2 Å². The summed E-state index contributed by atoms with van der Waals surface area (Å²) in [5.74, 6) is -5.12. The summed E-state index contributed by atoms with van der Waals surface area (Å²) in [7, 11) is 1.72. The Balaban J connectivity index is 1.52. The molecule has 2 N–H and O–H groups in total. The summed E-state index contributed by atoms with van der Waals surface area (Å²) in [6, 6.07) is -0.0480. The number of ether oxygens (including phenoxy) is 1. The van der Waals surface area contributed by atoms with Crippen LogP contribution in [0.25, 0.3) is 0 Å². The molecule has 0 radical (unpaired) electrons. The molecule has 0 spiro atoms. The van der Waals surface area contributed by atoms with Crippen molar-refractivity contribution in [3.63, 3.8) is 0 Å². The second-order valence-corrected chi connectivity index (χ2v) is 12.8. The molecule has 2 aromatic heterocycles. The van der Waals surface area contributed by atoms with Crippen molar-refractivity contribution in [1.82, 2.24) is 30.2 Å². The molecule has 3 aliphatic rings. The number of hydrazine groups is 1. The minimum absolute atomic E-state index is 0.0538. The number of carboxylic acid groups (broad SMARTS) is 1. The fourth-order valence-corrected chi connectivity index (χ4v) is 6.63. The number of thiazole rings is 1. The molecule has 0 saturated carbocycles. The maximum Gasteiger partial charge on any atom is 0.338 e. The number of aliphatic imine (C=N–C) groups is 1. The normalized spacial score (nSPS) is 24.3. The Kier molecular flexibility index (Phi) is 8.86. The van der Waals surface area contributed by atoms with Crippen LogP contribution >= 0.6 is 11.3 Å². The van der Waals surface area contributed by atoms with Gasteiger partial charge in [0.15, 0.2) is 10.8 Å². The highest BCUT2D eigenvalue weighted by atomic mass is 32.1. The summed E-state index contributed by atoms with van der Waals surface area (Å²) < 4.78 is 51.0. The van der Waals surface area contributed by atoms with Gasteiger partial charge in [-0.3, -0.25) is 14.7 Å². The number of hydrogen-bond acceptors (Lipinski definition) is 11. The molecule has 3 atom stereocenters. The van der Waals surface area contributed by atoms with E-state index in [9.17, 15) is 19.1 Å². The molecule has 5 heterocycles. The van der Waals surface area contributed by atoms with Gasteiger partial charge in [0, 0.05) is 61.3 Å². The van der Waals surface area contributed by atoms with Crippen molar-refractivity contribution < 1.29 is 32.6 Å². The summed E-state index contributed by atoms with van der Waals surface area (Å²) in [4.78, 5) is 39.9. The van der Waals surface area contributed by atoms with Gasteiger partial charge in [0.05, 0.1) is 24.1 Å². The van der Waals surface area contributed by atoms with Gasteiger partial charge >= 0.3 is 11.9 Å². The van der Waals surface area contributed by atoms with E-state index in [4.69, 9.17) is 9.73 Å². The number of likely N-dealkylation sites (N-methyl/N-ethyl adjacent to an activating group) is 1. The third kappa shape index (κ3) is 6.10. The Morgan fingerprint density at radius 2 is 2.05 bits per heavy atom. The molecule has 0 aliphatic carbocycles. The molecule has 0 amide bonds. The van der Waals surface area contributed by atoms with E-state index < -0.39 is 53.9 Å². The molecule has 238 valence electrons. The van der Waals surface area contributed by atoms with Crippen molar-refractivity contribution in [1.29, 1.82) is 0 Å². The number of carbonyl (C=O) groups excluding carboxylic acids is 1. The molecule has 15 heteroatoms. The first-order valence-electron chi connectivity index (χ1n) is 14.3. The van der Waals surface area contributed by atoms with Crippen molar-refractivity contribution in [2.24, 2.45) is 10.4 Å². The molecule has 3 aliphatic heterocycles. The molecule has 11 nitrogen and oxygen atoms in total. The van der Waals surface area contributed by atoms with E-state index in [0.29, 0.717) is 27.8 Å². The third-order valence-corrected chi connectivity index (χ3v) is 9.22. The number of carboxylic acids is 1. The van der Waals surface area contributed by atoms with Gasteiger partial charge in [0.25, 0.3) is 5.92 Å². The van der Waals surface area contributed by atoms with Crippen molar-refractivity contribution in [3.05, 3.63) is 57.2 Å². The van der Waals surface area contributed by atoms with Gasteiger partial charge in [-0.25, -0.2) is 33.6 Å². The van der Waals surface area contributed by atoms with E-state index in [1.807, 2.05) is 0 Å². The van der Waals surface area contributed by atoms with Crippen LogP contribution in [0.4, 0.5) is 13.2 Å². The average molecular weight is 636 g/mol. The number of nitrogens with zero attached hydrogens (tertiary/aromatic N) is 6. The lowest BCUT2D eigenvalue weighted by molar-refractivity contribution is -0.149. The average Bonchev–Trinajstić information content (AvgIpc) is 3.64. The molecular formula is C29H36F3N7O4S. The SMILES string of the molecule is CCOC(=O)C1=C(CN2CC(F)(F)[C@H]3[C@@H]2CN(C)N3CCC(C)(C)C(=O)O)NC(c2nccs2)=N[C@@H]1c1ccc(F)nc1C. The maximum atomic E-state index is 15.8. The molecule has 2 fully saturated rings. The first kappa shape index (κ1) is 32.0. The number of hydrogen-bond donors (Lipinski definition) is 2. The van der Waals surface area contributed by atoms with E-state index in [-0.39, 0.29) is 38.2 Å². The smallest absolute Gasteiger partial charge is 0.338 e. The minimum atomic E-state index is -3.12. The monoisotopic (exact) mass is 635 g/mol. The Bertz CT molecular complexity index is 1480. The topological polar surface area (TPSA) is 123 Å². The number of carbonyl (C=O) groups is 2. The van der Waals surface area contributed by atoms with Gasteiger partial charge in [0.1, 0.15) is 12.1 Å². The number of amidine groups is 1. The van der Waals surface area contributed by atoms with E-state index in [1.165, 1.54) is 23.5 Å². The number of aliphatic carboxylic acids is 1. The second-order valence-electron chi connectivity index (χ2n) is 11.9. The van der Waals surface area contributed by atoms with Gasteiger partial charge in [-0.05, 0) is 40.2 Å². The van der Waals surface area contributed by atoms with Crippen LogP contribution in [0.5, 0.6) is 0 Å². The fraction of sp³-hybridized carbons (Fsp3) is 0.552. The van der Waals surface area contributed by atoms with Gasteiger partial charge < -0.3 is 15.2 Å². The number of halogens is 3. The van der Waals surface area contributed by atoms with Gasteiger partial charge in [-0.2, -0.15) is 4.39 Å². The number of alkyl halides is 2. The largest absolute Gasteiger partial charge is 0.481 e. The fourth-order valence-electron chi connectivity index (χ4n) is 6.04. The van der Waals surface area contributed by atoms with Crippen LogP contribution < -0.4 is 5.32 Å². The van der Waals surface area contributed by atoms with E-state index >= 15 is 8.78 Å². The number of pyridine rings is 1. The summed E-state index contributed by atoms with van der Waals surface area (Å²) >= 11 is 1.32. The highest BCUT2D eigenvalue weighted by Crippen LogP contribution is 2.43. The molecule has 0 aromatic carbocycles. The zero-order chi connectivity index (χ0) is 32.0. The predicted octanol–water partition coefficient (Wildman–Crippen LogP) is 3.25. The summed E-state index contributed by atoms with van der Waals surface area (Å²) in [5.41, 5.74) is 0.181. The van der Waals surface area contributed by atoms with Crippen molar-refractivity contribution in [3.8, 4) is 0 Å². The lowest BCUT2D eigenvalue weighted by Gasteiger charge is -2.33. The zero-order valence-electron chi connectivity index (χ0n) is 25.2. The van der Waals surface area contributed by atoms with Gasteiger partial charge in [0.2, 0.25) is 5.95 Å². The molecule has 2 aromatic rings. The zero-order valence-corrected chi connectivity index (χ0v) is 26.0. The first-order valence-corrected chi connectivity index (χ1v) is 15.2.